The zero-order valence-corrected chi connectivity index (χ0v) is 21.3. The molecule has 2 atom stereocenters. The lowest BCUT2D eigenvalue weighted by atomic mass is 9.93. The number of rotatable bonds is 6. The number of benzene rings is 2. The van der Waals surface area contributed by atoms with Gasteiger partial charge in [0, 0.05) is 17.4 Å². The molecule has 220 valence electrons. The van der Waals surface area contributed by atoms with Crippen LogP contribution in [0.5, 0.6) is 5.75 Å². The van der Waals surface area contributed by atoms with E-state index in [1.54, 1.807) is 13.8 Å². The van der Waals surface area contributed by atoms with Crippen molar-refractivity contribution < 1.29 is 49.0 Å². The molecular weight excluding hydrogens is 569 g/mol. The smallest absolute Gasteiger partial charge is 0.406 e. The van der Waals surface area contributed by atoms with Crippen LogP contribution in [0.3, 0.4) is 0 Å². The van der Waals surface area contributed by atoms with Crippen LogP contribution in [0.1, 0.15) is 48.7 Å². The summed E-state index contributed by atoms with van der Waals surface area (Å²) in [5, 5.41) is 3.06. The Balaban J connectivity index is 1.68. The van der Waals surface area contributed by atoms with E-state index in [9.17, 15) is 44.3 Å². The summed E-state index contributed by atoms with van der Waals surface area (Å²) in [6.07, 6.45) is -13.3. The van der Waals surface area contributed by atoms with E-state index in [0.717, 1.165) is 48.7 Å². The van der Waals surface area contributed by atoms with Gasteiger partial charge in [-0.3, -0.25) is 15.1 Å². The van der Waals surface area contributed by atoms with E-state index in [1.165, 1.54) is 23.1 Å². The molecular formula is C27H22F9N3O2. The molecule has 3 aromatic rings. The van der Waals surface area contributed by atoms with Crippen LogP contribution in [-0.4, -0.2) is 23.3 Å². The van der Waals surface area contributed by atoms with Gasteiger partial charge < -0.3 is 9.64 Å². The molecule has 1 N–H and O–H groups in total. The zero-order chi connectivity index (χ0) is 30.4. The number of pyridine rings is 1. The van der Waals surface area contributed by atoms with Gasteiger partial charge in [-0.2, -0.15) is 26.3 Å². The van der Waals surface area contributed by atoms with Gasteiger partial charge in [0.15, 0.2) is 0 Å². The molecule has 1 fully saturated rings. The molecule has 1 aliphatic rings. The van der Waals surface area contributed by atoms with Gasteiger partial charge in [0.1, 0.15) is 11.4 Å². The van der Waals surface area contributed by atoms with Crippen molar-refractivity contribution in [3.63, 3.8) is 0 Å². The summed E-state index contributed by atoms with van der Waals surface area (Å²) in [5.74, 6) is -1.16. The first kappa shape index (κ1) is 30.2. The van der Waals surface area contributed by atoms with Gasteiger partial charge in [0.25, 0.3) is 0 Å². The maximum absolute atomic E-state index is 13.6. The third-order valence-electron chi connectivity index (χ3n) is 6.57. The number of nitrogens with zero attached hydrogens (tertiary/aromatic N) is 2. The number of aromatic nitrogens is 1. The molecule has 14 heteroatoms. The fourth-order valence-electron chi connectivity index (χ4n) is 4.64. The third kappa shape index (κ3) is 6.92. The molecule has 2 aromatic carbocycles. The summed E-state index contributed by atoms with van der Waals surface area (Å²) in [4.78, 5) is 18.3. The molecule has 0 aliphatic carbocycles. The van der Waals surface area contributed by atoms with E-state index in [1.807, 2.05) is 0 Å². The molecule has 2 heterocycles. The fourth-order valence-corrected chi connectivity index (χ4v) is 4.64. The summed E-state index contributed by atoms with van der Waals surface area (Å²) in [6, 6.07) is 8.64. The lowest BCUT2D eigenvalue weighted by molar-refractivity contribution is -0.274. The SMILES string of the molecule is CC(C)(N[C@H]1C[C@H](c2cccc(OC(F)(F)F)c2)N(c2ccc(C(F)(F)F)cc2)C1=O)c1ccc(C(F)(F)F)nc1. The van der Waals surface area contributed by atoms with Gasteiger partial charge >= 0.3 is 18.7 Å². The zero-order valence-electron chi connectivity index (χ0n) is 21.3. The molecule has 5 nitrogen and oxygen atoms in total. The highest BCUT2D eigenvalue weighted by atomic mass is 19.4. The van der Waals surface area contributed by atoms with Gasteiger partial charge in [-0.15, -0.1) is 13.2 Å². The summed E-state index contributed by atoms with van der Waals surface area (Å²) < 4.78 is 121. The van der Waals surface area contributed by atoms with Crippen LogP contribution in [-0.2, 0) is 22.7 Å². The number of halogens is 9. The predicted octanol–water partition coefficient (Wildman–Crippen LogP) is 7.39. The van der Waals surface area contributed by atoms with Crippen molar-refractivity contribution in [1.82, 2.24) is 10.3 Å². The second-order valence-electron chi connectivity index (χ2n) is 9.88. The number of anilines is 1. The summed E-state index contributed by atoms with van der Waals surface area (Å²) in [5.41, 5.74) is -2.59. The molecule has 0 unspecified atom stereocenters. The minimum atomic E-state index is -4.99. The number of carbonyl (C=O) groups excluding carboxylic acids is 1. The van der Waals surface area contributed by atoms with Crippen molar-refractivity contribution >= 4 is 11.6 Å². The molecule has 41 heavy (non-hydrogen) atoms. The monoisotopic (exact) mass is 591 g/mol. The number of carbonyl (C=O) groups is 1. The van der Waals surface area contributed by atoms with Crippen LogP contribution in [0.4, 0.5) is 45.2 Å². The molecule has 1 aromatic heterocycles. The van der Waals surface area contributed by atoms with Crippen molar-refractivity contribution in [2.24, 2.45) is 0 Å². The highest BCUT2D eigenvalue weighted by Gasteiger charge is 2.44. The lowest BCUT2D eigenvalue weighted by Crippen LogP contribution is -2.47. The molecule has 4 rings (SSSR count). The van der Waals surface area contributed by atoms with Crippen LogP contribution in [0.2, 0.25) is 0 Å². The molecule has 1 saturated heterocycles. The first-order chi connectivity index (χ1) is 18.8. The van der Waals surface area contributed by atoms with E-state index < -0.39 is 59.3 Å². The molecule has 0 spiro atoms. The number of nitrogens with one attached hydrogen (secondary N) is 1. The predicted molar refractivity (Wildman–Crippen MR) is 129 cm³/mol. The Hall–Kier alpha value is -3.81. The molecule has 1 aliphatic heterocycles. The van der Waals surface area contributed by atoms with Gasteiger partial charge in [-0.25, -0.2) is 0 Å². The van der Waals surface area contributed by atoms with Gasteiger partial charge in [-0.05, 0) is 73.9 Å². The maximum atomic E-state index is 13.6. The van der Waals surface area contributed by atoms with Gasteiger partial charge in [0.2, 0.25) is 5.91 Å². The Morgan fingerprint density at radius 1 is 0.854 bits per heavy atom. The largest absolute Gasteiger partial charge is 0.573 e. The average molecular weight is 591 g/mol. The van der Waals surface area contributed by atoms with E-state index in [-0.39, 0.29) is 17.7 Å². The summed E-state index contributed by atoms with van der Waals surface area (Å²) >= 11 is 0. The first-order valence-corrected chi connectivity index (χ1v) is 12.0. The molecule has 0 radical (unpaired) electrons. The number of ether oxygens (including phenoxy) is 1. The lowest BCUT2D eigenvalue weighted by Gasteiger charge is -2.30. The van der Waals surface area contributed by atoms with Gasteiger partial charge in [0.05, 0.1) is 17.6 Å². The number of hydrogen-bond donors (Lipinski definition) is 1. The second-order valence-corrected chi connectivity index (χ2v) is 9.88. The Bertz CT molecular complexity index is 1380. The Kier molecular flexibility index (Phi) is 7.76. The van der Waals surface area contributed by atoms with Crippen LogP contribution in [0.15, 0.2) is 66.9 Å². The van der Waals surface area contributed by atoms with Crippen molar-refractivity contribution in [2.75, 3.05) is 4.90 Å². The van der Waals surface area contributed by atoms with Crippen LogP contribution < -0.4 is 15.0 Å². The van der Waals surface area contributed by atoms with Crippen molar-refractivity contribution in [3.05, 3.63) is 89.2 Å². The summed E-state index contributed by atoms with van der Waals surface area (Å²) in [6.45, 7) is 3.19. The Labute approximate surface area is 227 Å². The number of amides is 1. The second kappa shape index (κ2) is 10.5. The number of hydrogen-bond acceptors (Lipinski definition) is 4. The van der Waals surface area contributed by atoms with Crippen molar-refractivity contribution in [1.29, 1.82) is 0 Å². The van der Waals surface area contributed by atoms with Crippen LogP contribution in [0.25, 0.3) is 0 Å². The standard InChI is InChI=1S/C27H22F9N3O2/c1-24(2,17-8-11-22(37-14-17)26(31,32)33)38-20-13-21(15-4-3-5-19(12-15)41-27(34,35)36)39(23(20)40)18-9-6-16(7-10-18)25(28,29)30/h3-12,14,20-21,38H,13H2,1-2H3/t20-,21+/m0/s1. The Morgan fingerprint density at radius 2 is 1.49 bits per heavy atom. The Morgan fingerprint density at radius 3 is 2.02 bits per heavy atom. The topological polar surface area (TPSA) is 54.5 Å². The van der Waals surface area contributed by atoms with E-state index in [0.29, 0.717) is 5.56 Å². The van der Waals surface area contributed by atoms with E-state index >= 15 is 0 Å². The summed E-state index contributed by atoms with van der Waals surface area (Å²) in [7, 11) is 0. The third-order valence-corrected chi connectivity index (χ3v) is 6.57. The van der Waals surface area contributed by atoms with E-state index in [2.05, 4.69) is 15.0 Å². The highest BCUT2D eigenvalue weighted by molar-refractivity contribution is 6.00. The highest BCUT2D eigenvalue weighted by Crippen LogP contribution is 2.41. The van der Waals surface area contributed by atoms with Crippen molar-refractivity contribution in [2.45, 2.75) is 56.6 Å². The van der Waals surface area contributed by atoms with Crippen LogP contribution in [0, 0.1) is 0 Å². The first-order valence-electron chi connectivity index (χ1n) is 12.0. The quantitative estimate of drug-likeness (QED) is 0.304. The molecule has 1 amide bonds. The maximum Gasteiger partial charge on any atom is 0.573 e. The molecule has 0 saturated carbocycles. The minimum absolute atomic E-state index is 0.0349. The normalized spacial score (nSPS) is 18.6. The average Bonchev–Trinajstić information content (AvgIpc) is 3.17. The minimum Gasteiger partial charge on any atom is -0.406 e. The number of alkyl halides is 9. The van der Waals surface area contributed by atoms with Crippen LogP contribution >= 0.6 is 0 Å². The fraction of sp³-hybridized carbons (Fsp3) is 0.333. The van der Waals surface area contributed by atoms with Crippen molar-refractivity contribution in [3.8, 4) is 5.75 Å². The van der Waals surface area contributed by atoms with E-state index in [4.69, 9.17) is 0 Å². The van der Waals surface area contributed by atoms with Gasteiger partial charge in [-0.1, -0.05) is 18.2 Å². The molecule has 0 bridgehead atoms.